The zero-order valence-electron chi connectivity index (χ0n) is 13.8. The van der Waals surface area contributed by atoms with E-state index >= 15 is 0 Å². The van der Waals surface area contributed by atoms with Crippen LogP contribution in [0.2, 0.25) is 10.0 Å². The minimum Gasteiger partial charge on any atom is -0.465 e. The second-order valence-corrected chi connectivity index (χ2v) is 6.26. The standard InChI is InChI=1S/C17H14Cl2N2O4S/c1-24-15(22)9-3-4-13(16(23)25-2)14(5-9)21-17(26)20-12-7-10(18)6-11(19)8-12/h3-8H,1-2H3,(H2,20,21,26). The summed E-state index contributed by atoms with van der Waals surface area (Å²) in [5, 5.41) is 6.79. The molecule has 0 unspecified atom stereocenters. The molecule has 0 atom stereocenters. The molecule has 136 valence electrons. The van der Waals surface area contributed by atoms with E-state index in [0.717, 1.165) is 0 Å². The van der Waals surface area contributed by atoms with E-state index in [2.05, 4.69) is 15.4 Å². The molecule has 0 aliphatic heterocycles. The van der Waals surface area contributed by atoms with Crippen LogP contribution in [0.15, 0.2) is 36.4 Å². The van der Waals surface area contributed by atoms with Gasteiger partial charge in [-0.15, -0.1) is 0 Å². The van der Waals surface area contributed by atoms with Gasteiger partial charge < -0.3 is 20.1 Å². The fourth-order valence-corrected chi connectivity index (χ4v) is 2.84. The first-order chi connectivity index (χ1) is 12.3. The van der Waals surface area contributed by atoms with Gasteiger partial charge in [-0.3, -0.25) is 0 Å². The van der Waals surface area contributed by atoms with Crippen molar-refractivity contribution >= 4 is 63.8 Å². The van der Waals surface area contributed by atoms with Gasteiger partial charge in [0.05, 0.1) is 31.0 Å². The van der Waals surface area contributed by atoms with E-state index in [1.807, 2.05) is 0 Å². The molecule has 0 bridgehead atoms. The molecule has 0 heterocycles. The smallest absolute Gasteiger partial charge is 0.339 e. The molecule has 0 amide bonds. The number of hydrogen-bond donors (Lipinski definition) is 2. The number of ether oxygens (including phenoxy) is 2. The number of carbonyl (C=O) groups is 2. The van der Waals surface area contributed by atoms with Crippen molar-refractivity contribution in [3.63, 3.8) is 0 Å². The minimum absolute atomic E-state index is 0.163. The van der Waals surface area contributed by atoms with Gasteiger partial charge in [-0.25, -0.2) is 9.59 Å². The van der Waals surface area contributed by atoms with E-state index in [-0.39, 0.29) is 21.9 Å². The van der Waals surface area contributed by atoms with Crippen molar-refractivity contribution in [2.75, 3.05) is 24.9 Å². The Balaban J connectivity index is 2.28. The number of anilines is 2. The lowest BCUT2D eigenvalue weighted by molar-refractivity contribution is 0.0587. The maximum Gasteiger partial charge on any atom is 0.339 e. The highest BCUT2D eigenvalue weighted by molar-refractivity contribution is 7.80. The maximum atomic E-state index is 11.9. The molecule has 0 fully saturated rings. The number of hydrogen-bond acceptors (Lipinski definition) is 5. The van der Waals surface area contributed by atoms with Crippen molar-refractivity contribution in [3.05, 3.63) is 57.6 Å². The molecule has 9 heteroatoms. The van der Waals surface area contributed by atoms with Gasteiger partial charge in [0, 0.05) is 15.7 Å². The quantitative estimate of drug-likeness (QED) is 0.569. The number of halogens is 2. The zero-order valence-corrected chi connectivity index (χ0v) is 16.1. The fourth-order valence-electron chi connectivity index (χ4n) is 2.09. The van der Waals surface area contributed by atoms with E-state index in [1.165, 1.54) is 32.4 Å². The molecule has 6 nitrogen and oxygen atoms in total. The predicted octanol–water partition coefficient (Wildman–Crippen LogP) is 4.38. The monoisotopic (exact) mass is 412 g/mol. The first-order valence-corrected chi connectivity index (χ1v) is 8.35. The Labute approximate surface area is 165 Å². The van der Waals surface area contributed by atoms with E-state index in [1.54, 1.807) is 18.2 Å². The summed E-state index contributed by atoms with van der Waals surface area (Å²) in [5.74, 6) is -1.14. The van der Waals surface area contributed by atoms with E-state index in [9.17, 15) is 9.59 Å². The van der Waals surface area contributed by atoms with Crippen molar-refractivity contribution in [2.45, 2.75) is 0 Å². The van der Waals surface area contributed by atoms with Gasteiger partial charge in [0.15, 0.2) is 5.11 Å². The maximum absolute atomic E-state index is 11.9. The second kappa shape index (κ2) is 8.84. The summed E-state index contributed by atoms with van der Waals surface area (Å²) in [6.45, 7) is 0. The first-order valence-electron chi connectivity index (χ1n) is 7.19. The summed E-state index contributed by atoms with van der Waals surface area (Å²) in [4.78, 5) is 23.7. The Morgan fingerprint density at radius 3 is 2.12 bits per heavy atom. The van der Waals surface area contributed by atoms with Gasteiger partial charge in [-0.2, -0.15) is 0 Å². The zero-order chi connectivity index (χ0) is 19.3. The van der Waals surface area contributed by atoms with Gasteiger partial charge in [-0.1, -0.05) is 23.2 Å². The average molecular weight is 413 g/mol. The van der Waals surface area contributed by atoms with Gasteiger partial charge in [0.1, 0.15) is 0 Å². The molecule has 0 aliphatic rings. The third-order valence-corrected chi connectivity index (χ3v) is 3.86. The molecular weight excluding hydrogens is 399 g/mol. The highest BCUT2D eigenvalue weighted by Crippen LogP contribution is 2.24. The number of nitrogens with one attached hydrogen (secondary N) is 2. The van der Waals surface area contributed by atoms with Gasteiger partial charge >= 0.3 is 11.9 Å². The van der Waals surface area contributed by atoms with Crippen LogP contribution in [0.1, 0.15) is 20.7 Å². The summed E-state index contributed by atoms with van der Waals surface area (Å²) < 4.78 is 9.43. The van der Waals surface area contributed by atoms with Crippen LogP contribution in [-0.2, 0) is 9.47 Å². The highest BCUT2D eigenvalue weighted by atomic mass is 35.5. The van der Waals surface area contributed by atoms with Gasteiger partial charge in [-0.05, 0) is 48.6 Å². The van der Waals surface area contributed by atoms with Crippen LogP contribution in [0.4, 0.5) is 11.4 Å². The summed E-state index contributed by atoms with van der Waals surface area (Å²) >= 11 is 17.1. The molecule has 2 N–H and O–H groups in total. The second-order valence-electron chi connectivity index (χ2n) is 4.98. The minimum atomic E-state index is -0.586. The lowest BCUT2D eigenvalue weighted by Crippen LogP contribution is -2.21. The number of esters is 2. The Morgan fingerprint density at radius 2 is 1.54 bits per heavy atom. The first kappa shape index (κ1) is 20.0. The van der Waals surface area contributed by atoms with Crippen LogP contribution in [0.3, 0.4) is 0 Å². The number of methoxy groups -OCH3 is 2. The van der Waals surface area contributed by atoms with E-state index in [4.69, 9.17) is 40.2 Å². The molecule has 0 aromatic heterocycles. The summed E-state index contributed by atoms with van der Waals surface area (Å²) in [5.41, 5.74) is 1.29. The molecule has 26 heavy (non-hydrogen) atoms. The highest BCUT2D eigenvalue weighted by Gasteiger charge is 2.16. The van der Waals surface area contributed by atoms with Crippen LogP contribution in [0.5, 0.6) is 0 Å². The van der Waals surface area contributed by atoms with Crippen LogP contribution in [0, 0.1) is 0 Å². The van der Waals surface area contributed by atoms with Gasteiger partial charge in [0.2, 0.25) is 0 Å². The van der Waals surface area contributed by atoms with Crippen molar-refractivity contribution < 1.29 is 19.1 Å². The normalized spacial score (nSPS) is 10.0. The molecule has 2 aromatic rings. The Kier molecular flexibility index (Phi) is 6.79. The lowest BCUT2D eigenvalue weighted by atomic mass is 10.1. The molecule has 0 spiro atoms. The molecule has 0 aliphatic carbocycles. The van der Waals surface area contributed by atoms with Crippen molar-refractivity contribution in [1.82, 2.24) is 0 Å². The Hall–Kier alpha value is -2.35. The Morgan fingerprint density at radius 1 is 0.923 bits per heavy atom. The number of rotatable bonds is 4. The number of carbonyl (C=O) groups excluding carboxylic acids is 2. The third-order valence-electron chi connectivity index (χ3n) is 3.21. The molecule has 2 rings (SSSR count). The largest absolute Gasteiger partial charge is 0.465 e. The lowest BCUT2D eigenvalue weighted by Gasteiger charge is -2.14. The van der Waals surface area contributed by atoms with Crippen LogP contribution in [-0.4, -0.2) is 31.3 Å². The van der Waals surface area contributed by atoms with E-state index in [0.29, 0.717) is 15.7 Å². The van der Waals surface area contributed by atoms with Crippen LogP contribution >= 0.6 is 35.4 Å². The van der Waals surface area contributed by atoms with Crippen molar-refractivity contribution in [1.29, 1.82) is 0 Å². The van der Waals surface area contributed by atoms with Crippen LogP contribution in [0.25, 0.3) is 0 Å². The van der Waals surface area contributed by atoms with Gasteiger partial charge in [0.25, 0.3) is 0 Å². The molecule has 0 radical (unpaired) electrons. The number of benzene rings is 2. The molecular formula is C17H14Cl2N2O4S. The topological polar surface area (TPSA) is 76.7 Å². The van der Waals surface area contributed by atoms with E-state index < -0.39 is 11.9 Å². The Bertz CT molecular complexity index is 854. The molecule has 2 aromatic carbocycles. The molecule has 0 saturated heterocycles. The number of thiocarbonyl (C=S) groups is 1. The average Bonchev–Trinajstić information content (AvgIpc) is 2.59. The third kappa shape index (κ3) is 5.08. The molecule has 0 saturated carbocycles. The summed E-state index contributed by atoms with van der Waals surface area (Å²) in [6.07, 6.45) is 0. The van der Waals surface area contributed by atoms with Crippen molar-refractivity contribution in [2.24, 2.45) is 0 Å². The fraction of sp³-hybridized carbons (Fsp3) is 0.118. The SMILES string of the molecule is COC(=O)c1ccc(C(=O)OC)c(NC(=S)Nc2cc(Cl)cc(Cl)c2)c1. The summed E-state index contributed by atoms with van der Waals surface area (Å²) in [7, 11) is 2.52. The predicted molar refractivity (Wildman–Crippen MR) is 105 cm³/mol. The van der Waals surface area contributed by atoms with Crippen LogP contribution < -0.4 is 10.6 Å². The van der Waals surface area contributed by atoms with Crippen molar-refractivity contribution in [3.8, 4) is 0 Å². The summed E-state index contributed by atoms with van der Waals surface area (Å²) in [6, 6.07) is 9.19.